The summed E-state index contributed by atoms with van der Waals surface area (Å²) in [7, 11) is 0. The number of amides is 4. The fourth-order valence-electron chi connectivity index (χ4n) is 3.45. The first-order valence-corrected chi connectivity index (χ1v) is 12.1. The second-order valence-corrected chi connectivity index (χ2v) is 8.65. The van der Waals surface area contributed by atoms with Crippen LogP contribution >= 0.6 is 0 Å². The summed E-state index contributed by atoms with van der Waals surface area (Å²) in [5.41, 5.74) is 22.5. The molecule has 13 N–H and O–H groups in total. The highest BCUT2D eigenvalue weighted by atomic mass is 16.4. The van der Waals surface area contributed by atoms with E-state index in [4.69, 9.17) is 22.9 Å². The lowest BCUT2D eigenvalue weighted by Gasteiger charge is -2.25. The van der Waals surface area contributed by atoms with E-state index in [-0.39, 0.29) is 12.8 Å². The van der Waals surface area contributed by atoms with Crippen molar-refractivity contribution in [2.75, 3.05) is 13.1 Å². The molecule has 1 aromatic rings. The highest BCUT2D eigenvalue weighted by Gasteiger charge is 2.31. The van der Waals surface area contributed by atoms with Crippen LogP contribution in [0.5, 0.6) is 0 Å². The first-order chi connectivity index (χ1) is 17.6. The Morgan fingerprint density at radius 3 is 1.97 bits per heavy atom. The minimum atomic E-state index is -1.59. The molecule has 1 aromatic heterocycles. The Balaban J connectivity index is 3.02. The third-order valence-electron chi connectivity index (χ3n) is 5.52. The van der Waals surface area contributed by atoms with Crippen molar-refractivity contribution in [1.29, 1.82) is 0 Å². The second-order valence-electron chi connectivity index (χ2n) is 8.65. The number of carbonyl (C=O) groups is 5. The van der Waals surface area contributed by atoms with E-state index in [1.807, 2.05) is 0 Å². The Hall–Kier alpha value is -3.56. The summed E-state index contributed by atoms with van der Waals surface area (Å²) in [5.74, 6) is -4.43. The zero-order valence-electron chi connectivity index (χ0n) is 20.8. The number of aromatic nitrogens is 2. The van der Waals surface area contributed by atoms with Crippen LogP contribution in [0.1, 0.15) is 50.6 Å². The number of carboxylic acids is 1. The number of aliphatic carboxylic acids is 1. The van der Waals surface area contributed by atoms with Gasteiger partial charge in [0.2, 0.25) is 23.6 Å². The summed E-state index contributed by atoms with van der Waals surface area (Å²) in [4.78, 5) is 68.1. The monoisotopic (exact) mass is 525 g/mol. The van der Waals surface area contributed by atoms with Crippen LogP contribution in [0.2, 0.25) is 0 Å². The Morgan fingerprint density at radius 1 is 0.865 bits per heavy atom. The summed E-state index contributed by atoms with van der Waals surface area (Å²) in [5, 5.41) is 16.7. The number of rotatable bonds is 19. The van der Waals surface area contributed by atoms with Gasteiger partial charge in [-0.15, -0.1) is 0 Å². The zero-order valence-corrected chi connectivity index (χ0v) is 20.8. The summed E-state index contributed by atoms with van der Waals surface area (Å²) < 4.78 is 0. The third-order valence-corrected chi connectivity index (χ3v) is 5.52. The molecule has 15 heteroatoms. The minimum absolute atomic E-state index is 0.0669. The molecule has 4 amide bonds. The molecule has 1 rings (SSSR count). The third kappa shape index (κ3) is 12.3. The van der Waals surface area contributed by atoms with Gasteiger partial charge in [0.05, 0.1) is 18.8 Å². The van der Waals surface area contributed by atoms with Crippen molar-refractivity contribution in [3.63, 3.8) is 0 Å². The SMILES string of the molecule is NCCCCC(N)C(=O)NC(CCCCN)C(=O)NC(Cc1cnc[nH]1)C(=O)NC(CC(N)=O)C(=O)O. The average Bonchev–Trinajstić information content (AvgIpc) is 3.35. The molecule has 0 bridgehead atoms. The number of imidazole rings is 1. The van der Waals surface area contributed by atoms with Gasteiger partial charge in [-0.1, -0.05) is 6.42 Å². The van der Waals surface area contributed by atoms with E-state index in [1.165, 1.54) is 12.5 Å². The average molecular weight is 526 g/mol. The smallest absolute Gasteiger partial charge is 0.326 e. The molecule has 15 nitrogen and oxygen atoms in total. The first-order valence-electron chi connectivity index (χ1n) is 12.1. The Labute approximate surface area is 214 Å². The number of unbranched alkanes of at least 4 members (excludes halogenated alkanes) is 2. The maximum absolute atomic E-state index is 13.2. The molecule has 4 atom stereocenters. The van der Waals surface area contributed by atoms with E-state index in [1.54, 1.807) is 0 Å². The van der Waals surface area contributed by atoms with Crippen LogP contribution in [-0.2, 0) is 30.4 Å². The van der Waals surface area contributed by atoms with Crippen molar-refractivity contribution in [1.82, 2.24) is 25.9 Å². The van der Waals surface area contributed by atoms with Gasteiger partial charge in [-0.3, -0.25) is 19.2 Å². The molecular formula is C22H39N9O6. The molecular weight excluding hydrogens is 486 g/mol. The largest absolute Gasteiger partial charge is 0.480 e. The van der Waals surface area contributed by atoms with E-state index in [0.717, 1.165) is 0 Å². The topological polar surface area (TPSA) is 274 Å². The molecule has 0 saturated heterocycles. The van der Waals surface area contributed by atoms with Gasteiger partial charge in [0.15, 0.2) is 0 Å². The fraction of sp³-hybridized carbons (Fsp3) is 0.636. The lowest BCUT2D eigenvalue weighted by Crippen LogP contribution is -2.57. The van der Waals surface area contributed by atoms with Crippen molar-refractivity contribution in [2.45, 2.75) is 75.5 Å². The summed E-state index contributed by atoms with van der Waals surface area (Å²) in [6.07, 6.45) is 5.23. The molecule has 0 fully saturated rings. The van der Waals surface area contributed by atoms with Crippen molar-refractivity contribution < 1.29 is 29.1 Å². The number of nitrogens with two attached hydrogens (primary N) is 4. The van der Waals surface area contributed by atoms with Gasteiger partial charge in [0.1, 0.15) is 18.1 Å². The number of carboxylic acid groups (broad SMARTS) is 1. The highest BCUT2D eigenvalue weighted by Crippen LogP contribution is 2.07. The zero-order chi connectivity index (χ0) is 27.8. The van der Waals surface area contributed by atoms with E-state index < -0.39 is 60.2 Å². The van der Waals surface area contributed by atoms with Gasteiger partial charge in [0.25, 0.3) is 0 Å². The number of aromatic amines is 1. The number of H-pyrrole nitrogens is 1. The van der Waals surface area contributed by atoms with Gasteiger partial charge in [0, 0.05) is 18.3 Å². The molecule has 1 heterocycles. The molecule has 0 saturated carbocycles. The van der Waals surface area contributed by atoms with Crippen molar-refractivity contribution in [2.24, 2.45) is 22.9 Å². The maximum atomic E-state index is 13.2. The predicted molar refractivity (Wildman–Crippen MR) is 133 cm³/mol. The Bertz CT molecular complexity index is 880. The molecule has 37 heavy (non-hydrogen) atoms. The van der Waals surface area contributed by atoms with E-state index in [0.29, 0.717) is 50.9 Å². The minimum Gasteiger partial charge on any atom is -0.480 e. The molecule has 208 valence electrons. The molecule has 0 radical (unpaired) electrons. The Kier molecular flexibility index (Phi) is 14.5. The van der Waals surface area contributed by atoms with Crippen molar-refractivity contribution in [3.05, 3.63) is 18.2 Å². The van der Waals surface area contributed by atoms with E-state index >= 15 is 0 Å². The van der Waals surface area contributed by atoms with Gasteiger partial charge < -0.3 is 49.0 Å². The van der Waals surface area contributed by atoms with Crippen LogP contribution in [0.25, 0.3) is 0 Å². The number of nitrogens with one attached hydrogen (secondary N) is 4. The highest BCUT2D eigenvalue weighted by molar-refractivity contribution is 5.95. The van der Waals surface area contributed by atoms with Crippen molar-refractivity contribution >= 4 is 29.6 Å². The van der Waals surface area contributed by atoms with Crippen LogP contribution < -0.4 is 38.9 Å². The number of carbonyl (C=O) groups excluding carboxylic acids is 4. The summed E-state index contributed by atoms with van der Waals surface area (Å²) in [6, 6.07) is -4.70. The number of primary amides is 1. The summed E-state index contributed by atoms with van der Waals surface area (Å²) >= 11 is 0. The van der Waals surface area contributed by atoms with Crippen LogP contribution in [0.15, 0.2) is 12.5 Å². The summed E-state index contributed by atoms with van der Waals surface area (Å²) in [6.45, 7) is 0.864. The van der Waals surface area contributed by atoms with Gasteiger partial charge in [-0.25, -0.2) is 9.78 Å². The number of hydrogen-bond acceptors (Lipinski definition) is 9. The predicted octanol–water partition coefficient (Wildman–Crippen LogP) is -3.05. The van der Waals surface area contributed by atoms with Gasteiger partial charge in [-0.2, -0.15) is 0 Å². The molecule has 0 aromatic carbocycles. The maximum Gasteiger partial charge on any atom is 0.326 e. The molecule has 0 spiro atoms. The molecule has 0 aliphatic heterocycles. The van der Waals surface area contributed by atoms with Crippen LogP contribution in [0.3, 0.4) is 0 Å². The van der Waals surface area contributed by atoms with Gasteiger partial charge in [-0.05, 0) is 45.2 Å². The Morgan fingerprint density at radius 2 is 1.43 bits per heavy atom. The molecule has 4 unspecified atom stereocenters. The van der Waals surface area contributed by atoms with Gasteiger partial charge >= 0.3 is 5.97 Å². The van der Waals surface area contributed by atoms with Crippen molar-refractivity contribution in [3.8, 4) is 0 Å². The van der Waals surface area contributed by atoms with Crippen LogP contribution in [0, 0.1) is 0 Å². The number of hydrogen-bond donors (Lipinski definition) is 9. The van der Waals surface area contributed by atoms with E-state index in [2.05, 4.69) is 25.9 Å². The van der Waals surface area contributed by atoms with E-state index in [9.17, 15) is 29.1 Å². The first kappa shape index (κ1) is 31.5. The molecule has 0 aliphatic carbocycles. The van der Waals surface area contributed by atoms with Crippen LogP contribution in [-0.4, -0.2) is 81.9 Å². The lowest BCUT2D eigenvalue weighted by molar-refractivity contribution is -0.143. The standard InChI is InChI=1S/C22H39N9O6/c23-7-3-1-5-14(25)19(33)29-15(6-2-4-8-24)20(34)30-16(9-13-11-27-12-28-13)21(35)31-17(22(36)37)10-18(26)32/h11-12,14-17H,1-10,23-25H2,(H2,26,32)(H,27,28)(H,29,33)(H,30,34)(H,31,35)(H,36,37). The fourth-order valence-corrected chi connectivity index (χ4v) is 3.45. The number of nitrogens with zero attached hydrogens (tertiary/aromatic N) is 1. The second kappa shape index (κ2) is 17.0. The lowest BCUT2D eigenvalue weighted by atomic mass is 10.0. The normalized spacial score (nSPS) is 14.1. The molecule has 0 aliphatic rings. The van der Waals surface area contributed by atoms with Crippen LogP contribution in [0.4, 0.5) is 0 Å². The quantitative estimate of drug-likeness (QED) is 0.0823.